The minimum absolute atomic E-state index is 0.00741. The maximum absolute atomic E-state index is 12.8. The Bertz CT molecular complexity index is 1690. The van der Waals surface area contributed by atoms with Crippen molar-refractivity contribution in [3.63, 3.8) is 0 Å². The molecule has 4 rings (SSSR count). The molecule has 0 unspecified atom stereocenters. The summed E-state index contributed by atoms with van der Waals surface area (Å²) in [7, 11) is 0. The van der Waals surface area contributed by atoms with E-state index in [1.165, 1.54) is 53.5 Å². The number of nitrogens with one attached hydrogen (secondary N) is 2. The molecule has 0 fully saturated rings. The minimum Gasteiger partial charge on any atom is -0.487 e. The molecule has 16 nitrogen and oxygen atoms in total. The number of amides is 3. The molecule has 0 saturated carbocycles. The predicted molar refractivity (Wildman–Crippen MR) is 174 cm³/mol. The standard InChI is InChI=1S/C33H33N5O11/c39-30(20-34-17-3-1-2-4-18-36-31(40)15-16-32(36)41)35-28-19-24(22-48-33(42)49-27-12-10-26(11-13-27)38(45)46)7-14-29(28)47-21-23-5-8-25(9-6-23)37(43)44/h5-16,19,34H,1-4,17-18,20-22H2,(H,35,39). The first-order valence-corrected chi connectivity index (χ1v) is 15.2. The molecular weight excluding hydrogens is 642 g/mol. The minimum atomic E-state index is -1.04. The Labute approximate surface area is 279 Å². The molecule has 0 atom stereocenters. The van der Waals surface area contributed by atoms with Crippen LogP contribution in [0.2, 0.25) is 0 Å². The summed E-state index contributed by atoms with van der Waals surface area (Å²) in [6.45, 7) is 0.747. The maximum Gasteiger partial charge on any atom is 0.514 e. The van der Waals surface area contributed by atoms with Crippen molar-refractivity contribution in [2.75, 3.05) is 25.0 Å². The first kappa shape index (κ1) is 35.7. The fourth-order valence-corrected chi connectivity index (χ4v) is 4.59. The lowest BCUT2D eigenvalue weighted by Gasteiger charge is -2.15. The first-order chi connectivity index (χ1) is 23.6. The van der Waals surface area contributed by atoms with Crippen LogP contribution in [-0.4, -0.2) is 58.3 Å². The van der Waals surface area contributed by atoms with Gasteiger partial charge in [-0.15, -0.1) is 0 Å². The summed E-state index contributed by atoms with van der Waals surface area (Å²) < 4.78 is 16.1. The van der Waals surface area contributed by atoms with Crippen molar-refractivity contribution < 1.29 is 43.2 Å². The fraction of sp³-hybridized carbons (Fsp3) is 0.273. The quantitative estimate of drug-likeness (QED) is 0.0465. The van der Waals surface area contributed by atoms with Gasteiger partial charge in [0.05, 0.1) is 22.1 Å². The van der Waals surface area contributed by atoms with Gasteiger partial charge < -0.3 is 24.8 Å². The third-order valence-corrected chi connectivity index (χ3v) is 7.14. The summed E-state index contributed by atoms with van der Waals surface area (Å²) in [5, 5.41) is 27.6. The van der Waals surface area contributed by atoms with Gasteiger partial charge in [-0.05, 0) is 66.9 Å². The lowest BCUT2D eigenvalue weighted by molar-refractivity contribution is -0.385. The highest BCUT2D eigenvalue weighted by atomic mass is 16.7. The molecule has 0 aliphatic carbocycles. The molecule has 0 saturated heterocycles. The van der Waals surface area contributed by atoms with E-state index in [2.05, 4.69) is 10.6 Å². The molecule has 3 aromatic carbocycles. The van der Waals surface area contributed by atoms with Crippen LogP contribution in [0.25, 0.3) is 0 Å². The Hall–Kier alpha value is -6.16. The highest BCUT2D eigenvalue weighted by Gasteiger charge is 2.22. The Balaban J connectivity index is 1.28. The van der Waals surface area contributed by atoms with Crippen molar-refractivity contribution >= 4 is 40.9 Å². The van der Waals surface area contributed by atoms with E-state index in [9.17, 15) is 39.4 Å². The average Bonchev–Trinajstić information content (AvgIpc) is 3.40. The monoisotopic (exact) mass is 675 g/mol. The average molecular weight is 676 g/mol. The van der Waals surface area contributed by atoms with Gasteiger partial charge in [0.1, 0.15) is 24.7 Å². The Kier molecular flexibility index (Phi) is 12.9. The fourth-order valence-electron chi connectivity index (χ4n) is 4.59. The van der Waals surface area contributed by atoms with Gasteiger partial charge in [0.25, 0.3) is 23.2 Å². The smallest absolute Gasteiger partial charge is 0.487 e. The molecular formula is C33H33N5O11. The number of unbranched alkanes of at least 4 members (excludes halogenated alkanes) is 3. The van der Waals surface area contributed by atoms with Crippen LogP contribution in [0, 0.1) is 20.2 Å². The molecule has 0 spiro atoms. The van der Waals surface area contributed by atoms with Crippen molar-refractivity contribution in [1.82, 2.24) is 10.2 Å². The summed E-state index contributed by atoms with van der Waals surface area (Å²) in [4.78, 5) is 70.1. The zero-order valence-electron chi connectivity index (χ0n) is 26.2. The largest absolute Gasteiger partial charge is 0.514 e. The molecule has 49 heavy (non-hydrogen) atoms. The molecule has 3 amide bonds. The molecule has 2 N–H and O–H groups in total. The predicted octanol–water partition coefficient (Wildman–Crippen LogP) is 4.81. The number of hydrogen-bond donors (Lipinski definition) is 2. The van der Waals surface area contributed by atoms with Gasteiger partial charge in [0.15, 0.2) is 0 Å². The summed E-state index contributed by atoms with van der Waals surface area (Å²) in [5.74, 6) is -0.599. The summed E-state index contributed by atoms with van der Waals surface area (Å²) >= 11 is 0. The number of anilines is 1. The van der Waals surface area contributed by atoms with Gasteiger partial charge in [-0.25, -0.2) is 4.79 Å². The number of nitro groups is 2. The number of carbonyl (C=O) groups excluding carboxylic acids is 4. The Morgan fingerprint density at radius 1 is 0.755 bits per heavy atom. The van der Waals surface area contributed by atoms with Gasteiger partial charge >= 0.3 is 6.16 Å². The van der Waals surface area contributed by atoms with E-state index in [1.807, 2.05) is 0 Å². The van der Waals surface area contributed by atoms with Gasteiger partial charge in [0, 0.05) is 43.0 Å². The molecule has 1 aliphatic rings. The zero-order chi connectivity index (χ0) is 35.2. The molecule has 16 heteroatoms. The number of imide groups is 1. The van der Waals surface area contributed by atoms with Crippen molar-refractivity contribution in [1.29, 1.82) is 0 Å². The van der Waals surface area contributed by atoms with E-state index >= 15 is 0 Å². The van der Waals surface area contributed by atoms with Crippen molar-refractivity contribution in [2.45, 2.75) is 38.9 Å². The van der Waals surface area contributed by atoms with Crippen LogP contribution in [0.4, 0.5) is 21.9 Å². The van der Waals surface area contributed by atoms with E-state index in [0.29, 0.717) is 42.1 Å². The lowest BCUT2D eigenvalue weighted by Crippen LogP contribution is -2.31. The van der Waals surface area contributed by atoms with E-state index in [1.54, 1.807) is 30.3 Å². The molecule has 3 aromatic rings. The van der Waals surface area contributed by atoms with E-state index in [-0.39, 0.29) is 54.6 Å². The SMILES string of the molecule is O=C(CNCCCCCCN1C(=O)C=CC1=O)Nc1cc(COC(=O)Oc2ccc([N+](=O)[O-])cc2)ccc1OCc1ccc([N+](=O)[O-])cc1. The Morgan fingerprint density at radius 2 is 1.37 bits per heavy atom. The summed E-state index contributed by atoms with van der Waals surface area (Å²) in [5.41, 5.74) is 1.20. The number of benzene rings is 3. The topological polar surface area (TPSA) is 210 Å². The molecule has 1 aliphatic heterocycles. The Morgan fingerprint density at radius 3 is 2.02 bits per heavy atom. The van der Waals surface area contributed by atoms with Crippen LogP contribution in [0.15, 0.2) is 78.9 Å². The maximum atomic E-state index is 12.8. The number of rotatable bonds is 18. The normalized spacial score (nSPS) is 12.1. The highest BCUT2D eigenvalue weighted by molar-refractivity contribution is 6.12. The second kappa shape index (κ2) is 17.7. The van der Waals surface area contributed by atoms with E-state index in [0.717, 1.165) is 19.3 Å². The van der Waals surface area contributed by atoms with Crippen LogP contribution < -0.4 is 20.1 Å². The third kappa shape index (κ3) is 11.2. The first-order valence-electron chi connectivity index (χ1n) is 15.2. The van der Waals surface area contributed by atoms with E-state index in [4.69, 9.17) is 14.2 Å². The van der Waals surface area contributed by atoms with Crippen LogP contribution in [0.5, 0.6) is 11.5 Å². The summed E-state index contributed by atoms with van der Waals surface area (Å²) in [6.07, 6.45) is 4.61. The number of ether oxygens (including phenoxy) is 3. The van der Waals surface area contributed by atoms with Gasteiger partial charge in [-0.2, -0.15) is 0 Å². The number of nitro benzene ring substituents is 2. The second-order valence-electron chi connectivity index (χ2n) is 10.7. The molecule has 0 bridgehead atoms. The lowest BCUT2D eigenvalue weighted by atomic mass is 10.2. The van der Waals surface area contributed by atoms with Gasteiger partial charge in [-0.3, -0.25) is 39.5 Å². The molecule has 1 heterocycles. The van der Waals surface area contributed by atoms with Gasteiger partial charge in [0.2, 0.25) is 5.91 Å². The molecule has 0 radical (unpaired) electrons. The third-order valence-electron chi connectivity index (χ3n) is 7.14. The van der Waals surface area contributed by atoms with Gasteiger partial charge in [-0.1, -0.05) is 18.9 Å². The van der Waals surface area contributed by atoms with Crippen molar-refractivity contribution in [3.05, 3.63) is 110 Å². The summed E-state index contributed by atoms with van der Waals surface area (Å²) in [6, 6.07) is 15.5. The van der Waals surface area contributed by atoms with Crippen LogP contribution in [0.3, 0.4) is 0 Å². The number of nitrogens with zero attached hydrogens (tertiary/aromatic N) is 3. The zero-order valence-corrected chi connectivity index (χ0v) is 26.2. The number of non-ortho nitro benzene ring substituents is 2. The van der Waals surface area contributed by atoms with Crippen LogP contribution in [0.1, 0.15) is 36.8 Å². The second-order valence-corrected chi connectivity index (χ2v) is 10.7. The van der Waals surface area contributed by atoms with Crippen molar-refractivity contribution in [2.24, 2.45) is 0 Å². The van der Waals surface area contributed by atoms with Crippen LogP contribution >= 0.6 is 0 Å². The number of carbonyl (C=O) groups is 4. The molecule has 256 valence electrons. The van der Waals surface area contributed by atoms with Crippen molar-refractivity contribution in [3.8, 4) is 11.5 Å². The molecule has 0 aromatic heterocycles. The van der Waals surface area contributed by atoms with Crippen LogP contribution in [-0.2, 0) is 32.3 Å². The number of hydrogen-bond acceptors (Lipinski definition) is 12. The highest BCUT2D eigenvalue weighted by Crippen LogP contribution is 2.28. The van der Waals surface area contributed by atoms with E-state index < -0.39 is 16.0 Å².